The summed E-state index contributed by atoms with van der Waals surface area (Å²) < 4.78 is 0. The Kier molecular flexibility index (Phi) is 3.55. The molecule has 0 spiro atoms. The van der Waals surface area contributed by atoms with Crippen LogP contribution in [-0.4, -0.2) is 22.6 Å². The number of ketones is 2. The lowest BCUT2D eigenvalue weighted by atomic mass is 9.88. The summed E-state index contributed by atoms with van der Waals surface area (Å²) in [6, 6.07) is 6.05. The maximum atomic E-state index is 11.3. The van der Waals surface area contributed by atoms with E-state index in [4.69, 9.17) is 5.11 Å². The highest BCUT2D eigenvalue weighted by Gasteiger charge is 2.25. The minimum Gasteiger partial charge on any atom is -0.478 e. The van der Waals surface area contributed by atoms with Crippen LogP contribution in [0, 0.1) is 0 Å². The molecule has 0 saturated heterocycles. The molecule has 1 N–H and O–H groups in total. The van der Waals surface area contributed by atoms with Gasteiger partial charge in [0.05, 0.1) is 5.56 Å². The fraction of sp³-hybridized carbons (Fsp3) is 0.250. The van der Waals surface area contributed by atoms with E-state index in [1.54, 1.807) is 12.1 Å². The van der Waals surface area contributed by atoms with Crippen LogP contribution in [0.4, 0.5) is 0 Å². The Labute approximate surface area is 92.9 Å². The molecular formula is C12H12O4. The van der Waals surface area contributed by atoms with Crippen molar-refractivity contribution in [3.05, 3.63) is 35.4 Å². The first-order valence-corrected chi connectivity index (χ1v) is 4.78. The van der Waals surface area contributed by atoms with E-state index in [1.165, 1.54) is 26.0 Å². The number of hydrogen-bond acceptors (Lipinski definition) is 3. The molecule has 0 aliphatic rings. The molecule has 0 aromatic heterocycles. The highest BCUT2D eigenvalue weighted by molar-refractivity contribution is 6.07. The van der Waals surface area contributed by atoms with Crippen molar-refractivity contribution in [2.75, 3.05) is 0 Å². The van der Waals surface area contributed by atoms with Gasteiger partial charge in [0, 0.05) is 0 Å². The molecule has 0 fully saturated rings. The molecular weight excluding hydrogens is 208 g/mol. The van der Waals surface area contributed by atoms with Crippen LogP contribution in [0.1, 0.15) is 35.7 Å². The molecule has 0 bridgehead atoms. The normalized spacial score (nSPS) is 10.2. The second kappa shape index (κ2) is 4.70. The SMILES string of the molecule is CC(=O)C(C(C)=O)c1ccccc1C(=O)O. The number of aromatic carboxylic acids is 1. The predicted molar refractivity (Wildman–Crippen MR) is 57.5 cm³/mol. The Morgan fingerprint density at radius 1 is 1.06 bits per heavy atom. The monoisotopic (exact) mass is 220 g/mol. The molecule has 4 heteroatoms. The van der Waals surface area contributed by atoms with Gasteiger partial charge in [-0.2, -0.15) is 0 Å². The fourth-order valence-corrected chi connectivity index (χ4v) is 1.67. The van der Waals surface area contributed by atoms with Crippen molar-refractivity contribution in [3.63, 3.8) is 0 Å². The summed E-state index contributed by atoms with van der Waals surface area (Å²) in [5.41, 5.74) is 0.257. The molecule has 84 valence electrons. The lowest BCUT2D eigenvalue weighted by Gasteiger charge is -2.13. The zero-order valence-corrected chi connectivity index (χ0v) is 9.06. The average Bonchev–Trinajstić information content (AvgIpc) is 2.17. The van der Waals surface area contributed by atoms with Gasteiger partial charge in [-0.25, -0.2) is 4.79 Å². The summed E-state index contributed by atoms with van der Waals surface area (Å²) in [5, 5.41) is 8.96. The molecule has 0 unspecified atom stereocenters. The number of Topliss-reactive ketones (excluding diaryl/α,β-unsaturated/α-hetero) is 2. The van der Waals surface area contributed by atoms with E-state index in [2.05, 4.69) is 0 Å². The smallest absolute Gasteiger partial charge is 0.336 e. The Morgan fingerprint density at radius 3 is 2.00 bits per heavy atom. The van der Waals surface area contributed by atoms with Gasteiger partial charge in [0.2, 0.25) is 0 Å². The third kappa shape index (κ3) is 2.34. The van der Waals surface area contributed by atoms with Gasteiger partial charge in [0.1, 0.15) is 17.5 Å². The minimum atomic E-state index is -1.14. The van der Waals surface area contributed by atoms with Crippen LogP contribution in [-0.2, 0) is 9.59 Å². The van der Waals surface area contributed by atoms with Crippen molar-refractivity contribution in [2.24, 2.45) is 0 Å². The van der Waals surface area contributed by atoms with Gasteiger partial charge in [0.15, 0.2) is 0 Å². The van der Waals surface area contributed by atoms with Crippen molar-refractivity contribution < 1.29 is 19.5 Å². The van der Waals surface area contributed by atoms with E-state index in [0.717, 1.165) is 0 Å². The average molecular weight is 220 g/mol. The summed E-state index contributed by atoms with van der Waals surface area (Å²) in [6.45, 7) is 2.56. The molecule has 0 aliphatic heterocycles. The van der Waals surface area contributed by atoms with E-state index in [-0.39, 0.29) is 22.7 Å². The zero-order valence-electron chi connectivity index (χ0n) is 9.06. The fourth-order valence-electron chi connectivity index (χ4n) is 1.67. The van der Waals surface area contributed by atoms with Crippen LogP contribution in [0.3, 0.4) is 0 Å². The first-order chi connectivity index (χ1) is 7.45. The van der Waals surface area contributed by atoms with E-state index in [1.807, 2.05) is 0 Å². The van der Waals surface area contributed by atoms with Gasteiger partial charge in [-0.15, -0.1) is 0 Å². The van der Waals surface area contributed by atoms with Gasteiger partial charge in [0.25, 0.3) is 0 Å². The Bertz CT molecular complexity index is 434. The summed E-state index contributed by atoms with van der Waals surface area (Å²) in [4.78, 5) is 33.6. The summed E-state index contributed by atoms with van der Waals surface area (Å²) in [6.07, 6.45) is 0. The van der Waals surface area contributed by atoms with Gasteiger partial charge in [-0.3, -0.25) is 9.59 Å². The molecule has 0 heterocycles. The van der Waals surface area contributed by atoms with Crippen LogP contribution in [0.5, 0.6) is 0 Å². The van der Waals surface area contributed by atoms with Crippen molar-refractivity contribution in [2.45, 2.75) is 19.8 Å². The van der Waals surface area contributed by atoms with Crippen LogP contribution in [0.15, 0.2) is 24.3 Å². The van der Waals surface area contributed by atoms with Crippen molar-refractivity contribution >= 4 is 17.5 Å². The standard InChI is InChI=1S/C12H12O4/c1-7(13)11(8(2)14)9-5-3-4-6-10(9)12(15)16/h3-6,11H,1-2H3,(H,15,16). The van der Waals surface area contributed by atoms with Crippen molar-refractivity contribution in [1.29, 1.82) is 0 Å². The highest BCUT2D eigenvalue weighted by atomic mass is 16.4. The van der Waals surface area contributed by atoms with Gasteiger partial charge in [-0.05, 0) is 25.5 Å². The Morgan fingerprint density at radius 2 is 1.56 bits per heavy atom. The molecule has 0 aliphatic carbocycles. The molecule has 16 heavy (non-hydrogen) atoms. The largest absolute Gasteiger partial charge is 0.478 e. The number of carboxylic acids is 1. The third-order valence-electron chi connectivity index (χ3n) is 2.32. The van der Waals surface area contributed by atoms with Crippen LogP contribution < -0.4 is 0 Å². The Balaban J connectivity index is 3.35. The van der Waals surface area contributed by atoms with Gasteiger partial charge >= 0.3 is 5.97 Å². The maximum Gasteiger partial charge on any atom is 0.336 e. The summed E-state index contributed by atoms with van der Waals surface area (Å²) in [7, 11) is 0. The molecule has 1 aromatic rings. The molecule has 4 nitrogen and oxygen atoms in total. The van der Waals surface area contributed by atoms with E-state index in [9.17, 15) is 14.4 Å². The summed E-state index contributed by atoms with van der Waals surface area (Å²) in [5.74, 6) is -2.81. The van der Waals surface area contributed by atoms with E-state index >= 15 is 0 Å². The minimum absolute atomic E-state index is 0.00194. The topological polar surface area (TPSA) is 71.4 Å². The molecule has 0 amide bonds. The van der Waals surface area contributed by atoms with E-state index in [0.29, 0.717) is 0 Å². The van der Waals surface area contributed by atoms with Crippen LogP contribution >= 0.6 is 0 Å². The first-order valence-electron chi connectivity index (χ1n) is 4.78. The number of carbonyl (C=O) groups is 3. The first kappa shape index (κ1) is 12.1. The second-order valence-electron chi connectivity index (χ2n) is 3.55. The number of carboxylic acid groups (broad SMARTS) is 1. The number of benzene rings is 1. The molecule has 0 saturated carbocycles. The molecule has 1 rings (SSSR count). The molecule has 1 aromatic carbocycles. The van der Waals surface area contributed by atoms with Gasteiger partial charge in [-0.1, -0.05) is 18.2 Å². The van der Waals surface area contributed by atoms with Gasteiger partial charge < -0.3 is 5.11 Å². The number of hydrogen-bond donors (Lipinski definition) is 1. The lowest BCUT2D eigenvalue weighted by Crippen LogP contribution is -2.20. The summed E-state index contributed by atoms with van der Waals surface area (Å²) >= 11 is 0. The second-order valence-corrected chi connectivity index (χ2v) is 3.55. The Hall–Kier alpha value is -1.97. The number of rotatable bonds is 4. The third-order valence-corrected chi connectivity index (χ3v) is 2.32. The molecule has 0 atom stereocenters. The zero-order chi connectivity index (χ0) is 12.3. The lowest BCUT2D eigenvalue weighted by molar-refractivity contribution is -0.126. The molecule has 0 radical (unpaired) electrons. The maximum absolute atomic E-state index is 11.3. The van der Waals surface area contributed by atoms with Crippen molar-refractivity contribution in [3.8, 4) is 0 Å². The van der Waals surface area contributed by atoms with E-state index < -0.39 is 11.9 Å². The van der Waals surface area contributed by atoms with Crippen molar-refractivity contribution in [1.82, 2.24) is 0 Å². The highest BCUT2D eigenvalue weighted by Crippen LogP contribution is 2.22. The predicted octanol–water partition coefficient (Wildman–Crippen LogP) is 1.65. The van der Waals surface area contributed by atoms with Crippen LogP contribution in [0.2, 0.25) is 0 Å². The number of carbonyl (C=O) groups excluding carboxylic acids is 2. The van der Waals surface area contributed by atoms with Crippen LogP contribution in [0.25, 0.3) is 0 Å². The quantitative estimate of drug-likeness (QED) is 0.783.